The van der Waals surface area contributed by atoms with Crippen LogP contribution >= 0.6 is 0 Å². The molecular formula is C20H32O5. The Kier molecular flexibility index (Phi) is 6.66. The molecule has 0 spiro atoms. The van der Waals surface area contributed by atoms with E-state index in [9.17, 15) is 19.8 Å². The zero-order valence-electron chi connectivity index (χ0n) is 15.7. The van der Waals surface area contributed by atoms with Crippen molar-refractivity contribution in [3.63, 3.8) is 0 Å². The van der Waals surface area contributed by atoms with Crippen molar-refractivity contribution in [3.05, 3.63) is 11.6 Å². The van der Waals surface area contributed by atoms with E-state index in [0.29, 0.717) is 31.6 Å². The summed E-state index contributed by atoms with van der Waals surface area (Å²) in [4.78, 5) is 23.2. The Balaban J connectivity index is 2.18. The second-order valence-electron chi connectivity index (χ2n) is 8.27. The van der Waals surface area contributed by atoms with Crippen molar-refractivity contribution in [2.45, 2.75) is 83.8 Å². The third kappa shape index (κ3) is 5.30. The second-order valence-corrected chi connectivity index (χ2v) is 8.27. The van der Waals surface area contributed by atoms with Gasteiger partial charge in [-0.15, -0.1) is 0 Å². The Morgan fingerprint density at radius 3 is 2.48 bits per heavy atom. The van der Waals surface area contributed by atoms with Crippen molar-refractivity contribution < 1.29 is 24.5 Å². The highest BCUT2D eigenvalue weighted by Gasteiger charge is 2.45. The van der Waals surface area contributed by atoms with Crippen LogP contribution in [0.15, 0.2) is 11.6 Å². The second kappa shape index (κ2) is 8.35. The lowest BCUT2D eigenvalue weighted by Crippen LogP contribution is -2.32. The molecule has 0 unspecified atom stereocenters. The van der Waals surface area contributed by atoms with Crippen molar-refractivity contribution in [2.75, 3.05) is 0 Å². The van der Waals surface area contributed by atoms with Gasteiger partial charge in [0.25, 0.3) is 0 Å². The molecule has 1 aliphatic heterocycles. The highest BCUT2D eigenvalue weighted by molar-refractivity contribution is 5.71. The summed E-state index contributed by atoms with van der Waals surface area (Å²) in [5.74, 6) is -2.18. The van der Waals surface area contributed by atoms with Gasteiger partial charge in [0.05, 0.1) is 23.5 Å². The van der Waals surface area contributed by atoms with E-state index in [0.717, 1.165) is 25.7 Å². The van der Waals surface area contributed by atoms with Crippen molar-refractivity contribution in [2.24, 2.45) is 17.8 Å². The highest BCUT2D eigenvalue weighted by atomic mass is 16.5. The molecule has 2 rings (SSSR count). The molecule has 0 aromatic carbocycles. The number of carboxylic acid groups (broad SMARTS) is 2. The smallest absolute Gasteiger partial charge is 0.309 e. The van der Waals surface area contributed by atoms with Gasteiger partial charge in [-0.05, 0) is 71.6 Å². The molecule has 2 bridgehead atoms. The molecule has 25 heavy (non-hydrogen) atoms. The third-order valence-corrected chi connectivity index (χ3v) is 6.03. The molecule has 0 aromatic rings. The fourth-order valence-electron chi connectivity index (χ4n) is 4.29. The monoisotopic (exact) mass is 352 g/mol. The SMILES string of the molecule is C/C1=C/CC[C@H](C(=O)O)CCC[C@H](C(=O)O)[C@H]2C[C@@H](CC1)C(C)(C)O2. The maximum Gasteiger partial charge on any atom is 0.309 e. The van der Waals surface area contributed by atoms with E-state index < -0.39 is 23.8 Å². The van der Waals surface area contributed by atoms with Crippen molar-refractivity contribution in [1.82, 2.24) is 0 Å². The lowest BCUT2D eigenvalue weighted by atomic mass is 9.82. The van der Waals surface area contributed by atoms with E-state index in [-0.39, 0.29) is 11.7 Å². The highest BCUT2D eigenvalue weighted by Crippen LogP contribution is 2.42. The molecule has 1 heterocycles. The van der Waals surface area contributed by atoms with E-state index in [2.05, 4.69) is 26.8 Å². The standard InChI is InChI=1S/C20H32O5/c1-13-6-4-7-14(18(21)22)8-5-9-16(19(23)24)17-12-15(11-10-13)20(2,3)25-17/h6,14-17H,4-5,7-12H2,1-3H3,(H,21,22)(H,23,24)/b13-6-/t14-,15+,16-,17+/m0/s1. The largest absolute Gasteiger partial charge is 0.481 e. The summed E-state index contributed by atoms with van der Waals surface area (Å²) >= 11 is 0. The number of aliphatic carboxylic acids is 2. The van der Waals surface area contributed by atoms with Crippen molar-refractivity contribution >= 4 is 11.9 Å². The van der Waals surface area contributed by atoms with Crippen molar-refractivity contribution in [1.29, 1.82) is 0 Å². The number of fused-ring (bicyclic) bond motifs is 2. The van der Waals surface area contributed by atoms with E-state index in [1.807, 2.05) is 0 Å². The summed E-state index contributed by atoms with van der Waals surface area (Å²) in [6.45, 7) is 6.23. The van der Waals surface area contributed by atoms with Gasteiger partial charge in [-0.1, -0.05) is 18.1 Å². The lowest BCUT2D eigenvalue weighted by molar-refractivity contribution is -0.149. The van der Waals surface area contributed by atoms with E-state index in [1.54, 1.807) is 0 Å². The first-order chi connectivity index (χ1) is 11.7. The average molecular weight is 352 g/mol. The number of carboxylic acids is 2. The minimum atomic E-state index is -0.823. The van der Waals surface area contributed by atoms with Crippen LogP contribution in [-0.2, 0) is 14.3 Å². The first-order valence-electron chi connectivity index (χ1n) is 9.49. The Hall–Kier alpha value is -1.36. The lowest BCUT2D eigenvalue weighted by Gasteiger charge is -2.27. The summed E-state index contributed by atoms with van der Waals surface area (Å²) in [6, 6.07) is 0. The minimum Gasteiger partial charge on any atom is -0.481 e. The molecule has 1 saturated heterocycles. The summed E-state index contributed by atoms with van der Waals surface area (Å²) in [6.07, 6.45) is 7.65. The molecule has 1 aliphatic carbocycles. The quantitative estimate of drug-likeness (QED) is 0.725. The van der Waals surface area contributed by atoms with Crippen LogP contribution in [0.1, 0.15) is 72.1 Å². The fourth-order valence-corrected chi connectivity index (χ4v) is 4.29. The van der Waals surface area contributed by atoms with Gasteiger partial charge in [0, 0.05) is 0 Å². The molecule has 0 radical (unpaired) electrons. The van der Waals surface area contributed by atoms with Crippen LogP contribution in [0.2, 0.25) is 0 Å². The Morgan fingerprint density at radius 1 is 1.12 bits per heavy atom. The van der Waals surface area contributed by atoms with Gasteiger partial charge in [-0.2, -0.15) is 0 Å². The molecule has 5 heteroatoms. The maximum absolute atomic E-state index is 11.8. The molecule has 1 fully saturated rings. The molecule has 0 saturated carbocycles. The topological polar surface area (TPSA) is 83.8 Å². The molecule has 2 aliphatic rings. The summed E-state index contributed by atoms with van der Waals surface area (Å²) in [5, 5.41) is 19.0. The van der Waals surface area contributed by atoms with Crippen molar-refractivity contribution in [3.8, 4) is 0 Å². The third-order valence-electron chi connectivity index (χ3n) is 6.03. The van der Waals surface area contributed by atoms with Gasteiger partial charge in [-0.3, -0.25) is 9.59 Å². The maximum atomic E-state index is 11.8. The molecule has 0 amide bonds. The zero-order valence-corrected chi connectivity index (χ0v) is 15.7. The van der Waals surface area contributed by atoms with E-state index in [1.165, 1.54) is 5.57 Å². The van der Waals surface area contributed by atoms with Crippen LogP contribution < -0.4 is 0 Å². The summed E-state index contributed by atoms with van der Waals surface area (Å²) < 4.78 is 6.15. The number of hydrogen-bond donors (Lipinski definition) is 2. The number of carbonyl (C=O) groups is 2. The first kappa shape index (κ1) is 20.0. The molecule has 142 valence electrons. The van der Waals surface area contributed by atoms with E-state index in [4.69, 9.17) is 4.74 Å². The predicted molar refractivity (Wildman–Crippen MR) is 95.4 cm³/mol. The van der Waals surface area contributed by atoms with Gasteiger partial charge in [0.2, 0.25) is 0 Å². The van der Waals surface area contributed by atoms with Gasteiger partial charge in [0.1, 0.15) is 0 Å². The van der Waals surface area contributed by atoms with Crippen LogP contribution in [0.25, 0.3) is 0 Å². The Labute approximate surface area is 150 Å². The van der Waals surface area contributed by atoms with Gasteiger partial charge < -0.3 is 14.9 Å². The molecule has 2 N–H and O–H groups in total. The van der Waals surface area contributed by atoms with Crippen LogP contribution in [-0.4, -0.2) is 33.9 Å². The average Bonchev–Trinajstić information content (AvgIpc) is 2.80. The van der Waals surface area contributed by atoms with Gasteiger partial charge in [0.15, 0.2) is 0 Å². The first-order valence-corrected chi connectivity index (χ1v) is 9.49. The van der Waals surface area contributed by atoms with E-state index >= 15 is 0 Å². The fraction of sp³-hybridized carbons (Fsp3) is 0.800. The number of allylic oxidation sites excluding steroid dienone is 2. The summed E-state index contributed by atoms with van der Waals surface area (Å²) in [7, 11) is 0. The van der Waals surface area contributed by atoms with Crippen LogP contribution in [0, 0.1) is 17.8 Å². The Bertz CT molecular complexity index is 522. The molecule has 0 aromatic heterocycles. The molecular weight excluding hydrogens is 320 g/mol. The number of rotatable bonds is 2. The van der Waals surface area contributed by atoms with Crippen LogP contribution in [0.4, 0.5) is 0 Å². The predicted octanol–water partition coefficient (Wildman–Crippen LogP) is 4.26. The van der Waals surface area contributed by atoms with Crippen LogP contribution in [0.5, 0.6) is 0 Å². The van der Waals surface area contributed by atoms with Crippen LogP contribution in [0.3, 0.4) is 0 Å². The summed E-state index contributed by atoms with van der Waals surface area (Å²) in [5.41, 5.74) is 0.984. The normalized spacial score (nSPS) is 36.0. The zero-order chi connectivity index (χ0) is 18.6. The number of ether oxygens (including phenoxy) is 1. The Morgan fingerprint density at radius 2 is 1.84 bits per heavy atom. The molecule has 5 nitrogen and oxygen atoms in total. The number of hydrogen-bond acceptors (Lipinski definition) is 3. The van der Waals surface area contributed by atoms with Gasteiger partial charge >= 0.3 is 11.9 Å². The van der Waals surface area contributed by atoms with Gasteiger partial charge in [-0.25, -0.2) is 0 Å². The molecule has 4 atom stereocenters. The minimum absolute atomic E-state index is 0.270.